The van der Waals surface area contributed by atoms with Crippen molar-refractivity contribution in [3.05, 3.63) is 29.8 Å². The van der Waals surface area contributed by atoms with Crippen molar-refractivity contribution in [3.63, 3.8) is 0 Å². The van der Waals surface area contributed by atoms with Crippen LogP contribution >= 0.6 is 0 Å². The number of nitrogens with one attached hydrogen (secondary N) is 2. The Labute approximate surface area is 95.0 Å². The van der Waals surface area contributed by atoms with Gasteiger partial charge in [0.05, 0.1) is 11.3 Å². The van der Waals surface area contributed by atoms with E-state index in [1.807, 2.05) is 13.8 Å². The molecule has 86 valence electrons. The smallest absolute Gasteiger partial charge is 0.253 e. The molecule has 1 aromatic carbocycles. The SMILES string of the molecule is CC(C)CNC(=O)c1ccccc1NC=O. The third kappa shape index (κ3) is 3.38. The number of hydrogen-bond acceptors (Lipinski definition) is 2. The number of para-hydroxylation sites is 1. The maximum Gasteiger partial charge on any atom is 0.253 e. The highest BCUT2D eigenvalue weighted by molar-refractivity contribution is 6.01. The molecular weight excluding hydrogens is 204 g/mol. The molecule has 0 unspecified atom stereocenters. The normalized spacial score (nSPS) is 9.94. The van der Waals surface area contributed by atoms with E-state index in [0.29, 0.717) is 30.1 Å². The molecule has 2 N–H and O–H groups in total. The van der Waals surface area contributed by atoms with E-state index in [4.69, 9.17) is 0 Å². The summed E-state index contributed by atoms with van der Waals surface area (Å²) in [6.07, 6.45) is 0.564. The van der Waals surface area contributed by atoms with Crippen molar-refractivity contribution in [1.29, 1.82) is 0 Å². The van der Waals surface area contributed by atoms with Crippen molar-refractivity contribution in [2.24, 2.45) is 5.92 Å². The fourth-order valence-electron chi connectivity index (χ4n) is 1.26. The van der Waals surface area contributed by atoms with E-state index in [9.17, 15) is 9.59 Å². The van der Waals surface area contributed by atoms with Gasteiger partial charge in [-0.25, -0.2) is 0 Å². The second kappa shape index (κ2) is 5.90. The zero-order chi connectivity index (χ0) is 12.0. The van der Waals surface area contributed by atoms with Crippen LogP contribution in [0.25, 0.3) is 0 Å². The quantitative estimate of drug-likeness (QED) is 0.741. The number of carbonyl (C=O) groups excluding carboxylic acids is 2. The molecule has 0 saturated carbocycles. The molecule has 0 bridgehead atoms. The van der Waals surface area contributed by atoms with Crippen LogP contribution in [0.15, 0.2) is 24.3 Å². The van der Waals surface area contributed by atoms with Crippen LogP contribution in [0.2, 0.25) is 0 Å². The Morgan fingerprint density at radius 1 is 1.38 bits per heavy atom. The first-order chi connectivity index (χ1) is 7.65. The van der Waals surface area contributed by atoms with Gasteiger partial charge in [-0.2, -0.15) is 0 Å². The summed E-state index contributed by atoms with van der Waals surface area (Å²) in [6.45, 7) is 4.67. The Kier molecular flexibility index (Phi) is 4.51. The molecule has 0 spiro atoms. The largest absolute Gasteiger partial charge is 0.352 e. The van der Waals surface area contributed by atoms with Crippen LogP contribution < -0.4 is 10.6 Å². The third-order valence-corrected chi connectivity index (χ3v) is 2.06. The van der Waals surface area contributed by atoms with Crippen LogP contribution in [0, 0.1) is 5.92 Å². The van der Waals surface area contributed by atoms with Gasteiger partial charge in [0.15, 0.2) is 0 Å². The van der Waals surface area contributed by atoms with Crippen molar-refractivity contribution >= 4 is 18.0 Å². The van der Waals surface area contributed by atoms with Gasteiger partial charge in [-0.15, -0.1) is 0 Å². The summed E-state index contributed by atoms with van der Waals surface area (Å²) >= 11 is 0. The lowest BCUT2D eigenvalue weighted by molar-refractivity contribution is -0.105. The number of rotatable bonds is 5. The molecule has 0 saturated heterocycles. The van der Waals surface area contributed by atoms with E-state index < -0.39 is 0 Å². The van der Waals surface area contributed by atoms with E-state index in [2.05, 4.69) is 10.6 Å². The highest BCUT2D eigenvalue weighted by atomic mass is 16.1. The molecular formula is C12H16N2O2. The maximum atomic E-state index is 11.8. The molecule has 1 aromatic rings. The standard InChI is InChI=1S/C12H16N2O2/c1-9(2)7-13-12(16)10-5-3-4-6-11(10)14-8-15/h3-6,8-9H,7H2,1-2H3,(H,13,16)(H,14,15). The van der Waals surface area contributed by atoms with Gasteiger partial charge in [0, 0.05) is 6.54 Å². The topological polar surface area (TPSA) is 58.2 Å². The molecule has 0 aliphatic heterocycles. The Morgan fingerprint density at radius 2 is 2.06 bits per heavy atom. The fourth-order valence-corrected chi connectivity index (χ4v) is 1.26. The summed E-state index contributed by atoms with van der Waals surface area (Å²) in [5, 5.41) is 5.31. The van der Waals surface area contributed by atoms with E-state index in [-0.39, 0.29) is 5.91 Å². The number of carbonyl (C=O) groups is 2. The molecule has 0 aliphatic rings. The zero-order valence-corrected chi connectivity index (χ0v) is 9.49. The Morgan fingerprint density at radius 3 is 2.69 bits per heavy atom. The minimum Gasteiger partial charge on any atom is -0.352 e. The van der Waals surface area contributed by atoms with Crippen LogP contribution in [0.4, 0.5) is 5.69 Å². The zero-order valence-electron chi connectivity index (χ0n) is 9.49. The first kappa shape index (κ1) is 12.2. The summed E-state index contributed by atoms with van der Waals surface area (Å²) in [6, 6.07) is 6.91. The highest BCUT2D eigenvalue weighted by Crippen LogP contribution is 2.13. The molecule has 16 heavy (non-hydrogen) atoms. The van der Waals surface area contributed by atoms with Gasteiger partial charge >= 0.3 is 0 Å². The van der Waals surface area contributed by atoms with Gasteiger partial charge in [0.1, 0.15) is 0 Å². The Balaban J connectivity index is 2.77. The average molecular weight is 220 g/mol. The molecule has 0 atom stereocenters. The molecule has 4 heteroatoms. The van der Waals surface area contributed by atoms with Gasteiger partial charge in [0.25, 0.3) is 5.91 Å². The average Bonchev–Trinajstić information content (AvgIpc) is 2.27. The summed E-state index contributed by atoms with van der Waals surface area (Å²) in [4.78, 5) is 22.2. The molecule has 1 rings (SSSR count). The van der Waals surface area contributed by atoms with Crippen molar-refractivity contribution in [1.82, 2.24) is 5.32 Å². The van der Waals surface area contributed by atoms with Crippen molar-refractivity contribution in [2.75, 3.05) is 11.9 Å². The number of anilines is 1. The van der Waals surface area contributed by atoms with Gasteiger partial charge in [-0.05, 0) is 18.1 Å². The van der Waals surface area contributed by atoms with E-state index >= 15 is 0 Å². The highest BCUT2D eigenvalue weighted by Gasteiger charge is 2.10. The monoisotopic (exact) mass is 220 g/mol. The van der Waals surface area contributed by atoms with Gasteiger partial charge < -0.3 is 10.6 Å². The van der Waals surface area contributed by atoms with E-state index in [1.165, 1.54) is 0 Å². The summed E-state index contributed by atoms with van der Waals surface area (Å²) in [5.41, 5.74) is 1.01. The Hall–Kier alpha value is -1.84. The third-order valence-electron chi connectivity index (χ3n) is 2.06. The molecule has 0 fully saturated rings. The molecule has 0 radical (unpaired) electrons. The van der Waals surface area contributed by atoms with Crippen LogP contribution in [-0.4, -0.2) is 18.9 Å². The summed E-state index contributed by atoms with van der Waals surface area (Å²) in [5.74, 6) is 0.230. The number of benzene rings is 1. The maximum absolute atomic E-state index is 11.8. The minimum absolute atomic E-state index is 0.168. The summed E-state index contributed by atoms with van der Waals surface area (Å²) < 4.78 is 0. The molecule has 2 amide bonds. The predicted molar refractivity (Wildman–Crippen MR) is 63.3 cm³/mol. The lowest BCUT2D eigenvalue weighted by Gasteiger charge is -2.10. The lowest BCUT2D eigenvalue weighted by atomic mass is 10.1. The molecule has 0 heterocycles. The predicted octanol–water partition coefficient (Wildman–Crippen LogP) is 1.64. The number of amides is 2. The lowest BCUT2D eigenvalue weighted by Crippen LogP contribution is -2.27. The van der Waals surface area contributed by atoms with Gasteiger partial charge in [0.2, 0.25) is 6.41 Å². The van der Waals surface area contributed by atoms with Crippen molar-refractivity contribution < 1.29 is 9.59 Å². The van der Waals surface area contributed by atoms with E-state index in [0.717, 1.165) is 0 Å². The minimum atomic E-state index is -0.168. The molecule has 0 aliphatic carbocycles. The van der Waals surface area contributed by atoms with Crippen LogP contribution in [0.5, 0.6) is 0 Å². The first-order valence-electron chi connectivity index (χ1n) is 5.22. The van der Waals surface area contributed by atoms with Crippen molar-refractivity contribution in [3.8, 4) is 0 Å². The molecule has 4 nitrogen and oxygen atoms in total. The Bertz CT molecular complexity index is 375. The number of hydrogen-bond donors (Lipinski definition) is 2. The van der Waals surface area contributed by atoms with Crippen molar-refractivity contribution in [2.45, 2.75) is 13.8 Å². The van der Waals surface area contributed by atoms with Gasteiger partial charge in [-0.3, -0.25) is 9.59 Å². The molecule has 0 aromatic heterocycles. The fraction of sp³-hybridized carbons (Fsp3) is 0.333. The van der Waals surface area contributed by atoms with Crippen LogP contribution in [0.1, 0.15) is 24.2 Å². The first-order valence-corrected chi connectivity index (χ1v) is 5.22. The summed E-state index contributed by atoms with van der Waals surface area (Å²) in [7, 11) is 0. The second-order valence-electron chi connectivity index (χ2n) is 3.91. The van der Waals surface area contributed by atoms with Crippen LogP contribution in [0.3, 0.4) is 0 Å². The van der Waals surface area contributed by atoms with Gasteiger partial charge in [-0.1, -0.05) is 26.0 Å². The van der Waals surface area contributed by atoms with E-state index in [1.54, 1.807) is 24.3 Å². The van der Waals surface area contributed by atoms with Crippen LogP contribution in [-0.2, 0) is 4.79 Å². The second-order valence-corrected chi connectivity index (χ2v) is 3.91.